The quantitative estimate of drug-likeness (QED) is 0.425. The molecule has 3 rings (SSSR count). The van der Waals surface area contributed by atoms with Crippen molar-refractivity contribution < 1.29 is 18.7 Å². The minimum absolute atomic E-state index is 0.00895. The molecule has 0 aliphatic heterocycles. The third kappa shape index (κ3) is 3.21. The monoisotopic (exact) mass is 468 g/mol. The maximum absolute atomic E-state index is 12.4. The molecule has 26 heavy (non-hydrogen) atoms. The molecular weight excluding hydrogens is 455 g/mol. The third-order valence-corrected chi connectivity index (χ3v) is 4.56. The second-order valence-electron chi connectivity index (χ2n) is 5.27. The summed E-state index contributed by atoms with van der Waals surface area (Å²) in [5, 5.41) is -0.00895. The lowest BCUT2D eigenvalue weighted by Gasteiger charge is -2.19. The van der Waals surface area contributed by atoms with Gasteiger partial charge in [0, 0.05) is 22.4 Å². The number of hydrogen-bond donors (Lipinski definition) is 0. The highest BCUT2D eigenvalue weighted by molar-refractivity contribution is 14.1. The summed E-state index contributed by atoms with van der Waals surface area (Å²) in [5.74, 6) is -1.13. The van der Waals surface area contributed by atoms with Gasteiger partial charge in [0.05, 0.1) is 7.11 Å². The normalized spacial score (nSPS) is 12.0. The van der Waals surface area contributed by atoms with E-state index in [2.05, 4.69) is 4.98 Å². The fraction of sp³-hybridized carbons (Fsp3) is 0.176. The van der Waals surface area contributed by atoms with Gasteiger partial charge in [-0.1, -0.05) is 18.2 Å². The summed E-state index contributed by atoms with van der Waals surface area (Å²) in [6.07, 6.45) is 0.210. The largest absolute Gasteiger partial charge is 0.474 e. The maximum atomic E-state index is 12.4. The summed E-state index contributed by atoms with van der Waals surface area (Å²) in [4.78, 5) is 40.6. The summed E-state index contributed by atoms with van der Waals surface area (Å²) in [5.41, 5.74) is -0.572. The Balaban J connectivity index is 2.30. The lowest BCUT2D eigenvalue weighted by Crippen LogP contribution is -2.28. The van der Waals surface area contributed by atoms with Crippen molar-refractivity contribution in [2.75, 3.05) is 7.11 Å². The maximum Gasteiger partial charge on any atom is 0.423 e. The average molecular weight is 468 g/mol. The number of halogens is 1. The molecule has 134 valence electrons. The van der Waals surface area contributed by atoms with Crippen LogP contribution in [0, 0.1) is 3.57 Å². The molecule has 0 saturated carbocycles. The predicted octanol–water partition coefficient (Wildman–Crippen LogP) is 1.78. The van der Waals surface area contributed by atoms with Crippen LogP contribution in [0.2, 0.25) is 0 Å². The first-order valence-electron chi connectivity index (χ1n) is 7.41. The molecule has 0 radical (unpaired) electrons. The molecule has 3 aromatic rings. The van der Waals surface area contributed by atoms with E-state index in [4.69, 9.17) is 13.9 Å². The number of aromatic nitrogens is 2. The molecule has 1 aromatic carbocycles. The average Bonchev–Trinajstić information content (AvgIpc) is 2.64. The number of rotatable bonds is 4. The van der Waals surface area contributed by atoms with Crippen molar-refractivity contribution in [3.05, 3.63) is 66.6 Å². The molecule has 2 heterocycles. The number of methoxy groups -OCH3 is 1. The zero-order valence-corrected chi connectivity index (χ0v) is 15.9. The van der Waals surface area contributed by atoms with Gasteiger partial charge in [0.15, 0.2) is 5.65 Å². The fourth-order valence-electron chi connectivity index (χ4n) is 2.46. The van der Waals surface area contributed by atoms with E-state index in [1.165, 1.54) is 20.4 Å². The van der Waals surface area contributed by atoms with Crippen LogP contribution in [-0.2, 0) is 16.6 Å². The number of carbonyl (C=O) groups is 1. The van der Waals surface area contributed by atoms with Crippen LogP contribution < -0.4 is 16.1 Å². The van der Waals surface area contributed by atoms with Crippen LogP contribution >= 0.6 is 22.6 Å². The van der Waals surface area contributed by atoms with Crippen LogP contribution in [-0.4, -0.2) is 22.6 Å². The number of esters is 1. The zero-order chi connectivity index (χ0) is 18.8. The number of hydrogen-bond acceptors (Lipinski definition) is 7. The van der Waals surface area contributed by atoms with Crippen molar-refractivity contribution in [2.45, 2.75) is 6.10 Å². The van der Waals surface area contributed by atoms with Gasteiger partial charge in [-0.25, -0.2) is 19.4 Å². The van der Waals surface area contributed by atoms with Gasteiger partial charge in [-0.05, 0) is 34.7 Å². The van der Waals surface area contributed by atoms with E-state index in [0.29, 0.717) is 9.32 Å². The first-order valence-corrected chi connectivity index (χ1v) is 8.49. The number of ether oxygens (including phenoxy) is 2. The Bertz CT molecular complexity index is 1090. The Labute approximate surface area is 160 Å². The second kappa shape index (κ2) is 7.28. The van der Waals surface area contributed by atoms with Crippen molar-refractivity contribution in [3.8, 4) is 5.75 Å². The first-order chi connectivity index (χ1) is 12.4. The number of carbonyl (C=O) groups excluding carboxylic acids is 1. The fourth-order valence-corrected chi connectivity index (χ4v) is 3.15. The second-order valence-corrected chi connectivity index (χ2v) is 6.43. The van der Waals surface area contributed by atoms with E-state index in [-0.39, 0.29) is 16.6 Å². The van der Waals surface area contributed by atoms with Crippen molar-refractivity contribution in [2.24, 2.45) is 7.05 Å². The van der Waals surface area contributed by atoms with Crippen molar-refractivity contribution in [1.82, 2.24) is 9.55 Å². The van der Waals surface area contributed by atoms with Crippen molar-refractivity contribution in [1.29, 1.82) is 0 Å². The molecule has 9 heteroatoms. The van der Waals surface area contributed by atoms with Gasteiger partial charge in [0.1, 0.15) is 11.1 Å². The van der Waals surface area contributed by atoms with Gasteiger partial charge in [-0.2, -0.15) is 0 Å². The summed E-state index contributed by atoms with van der Waals surface area (Å²) < 4.78 is 17.0. The number of para-hydroxylation sites is 1. The van der Waals surface area contributed by atoms with E-state index in [1.54, 1.807) is 30.3 Å². The van der Waals surface area contributed by atoms with Crippen molar-refractivity contribution >= 4 is 39.6 Å². The van der Waals surface area contributed by atoms with Gasteiger partial charge in [0.25, 0.3) is 0 Å². The molecule has 0 bridgehead atoms. The van der Waals surface area contributed by atoms with Crippen LogP contribution in [0.4, 0.5) is 0 Å². The lowest BCUT2D eigenvalue weighted by atomic mass is 10.1. The Morgan fingerprint density at radius 1 is 1.27 bits per heavy atom. The first kappa shape index (κ1) is 18.1. The van der Waals surface area contributed by atoms with Crippen LogP contribution in [0.5, 0.6) is 5.75 Å². The smallest absolute Gasteiger partial charge is 0.423 e. The zero-order valence-electron chi connectivity index (χ0n) is 13.8. The highest BCUT2D eigenvalue weighted by Crippen LogP contribution is 2.30. The molecule has 0 spiro atoms. The number of benzene rings is 1. The molecule has 0 amide bonds. The van der Waals surface area contributed by atoms with Gasteiger partial charge in [-0.3, -0.25) is 4.57 Å². The summed E-state index contributed by atoms with van der Waals surface area (Å²) in [6, 6.07) is 8.64. The van der Waals surface area contributed by atoms with E-state index >= 15 is 0 Å². The van der Waals surface area contributed by atoms with Crippen LogP contribution in [0.1, 0.15) is 11.7 Å². The lowest BCUT2D eigenvalue weighted by molar-refractivity contribution is -0.149. The SMILES string of the molecule is COC(=O)C(Oc1ccccc1)c1c(I)cnc2c1c(=O)oc(=O)n2C. The highest BCUT2D eigenvalue weighted by Gasteiger charge is 2.31. The van der Waals surface area contributed by atoms with E-state index in [0.717, 1.165) is 4.57 Å². The van der Waals surface area contributed by atoms with E-state index in [9.17, 15) is 14.4 Å². The molecule has 0 aliphatic rings. The predicted molar refractivity (Wildman–Crippen MR) is 100 cm³/mol. The number of nitrogens with zero attached hydrogens (tertiary/aromatic N) is 2. The van der Waals surface area contributed by atoms with Gasteiger partial charge in [-0.15, -0.1) is 0 Å². The van der Waals surface area contributed by atoms with Crippen LogP contribution in [0.3, 0.4) is 0 Å². The topological polar surface area (TPSA) is 101 Å². The van der Waals surface area contributed by atoms with E-state index < -0.39 is 23.5 Å². The Kier molecular flexibility index (Phi) is 5.07. The van der Waals surface area contributed by atoms with Gasteiger partial charge >= 0.3 is 17.4 Å². The summed E-state index contributed by atoms with van der Waals surface area (Å²) >= 11 is 1.93. The van der Waals surface area contributed by atoms with Crippen molar-refractivity contribution in [3.63, 3.8) is 0 Å². The molecule has 2 aromatic heterocycles. The van der Waals surface area contributed by atoms with Gasteiger partial charge in [0.2, 0.25) is 6.10 Å². The molecule has 0 saturated heterocycles. The Morgan fingerprint density at radius 2 is 1.96 bits per heavy atom. The summed E-state index contributed by atoms with van der Waals surface area (Å²) in [6.45, 7) is 0. The third-order valence-electron chi connectivity index (χ3n) is 3.70. The molecule has 0 N–H and O–H groups in total. The molecular formula is C17H13IN2O6. The van der Waals surface area contributed by atoms with Crippen LogP contribution in [0.15, 0.2) is 50.5 Å². The number of aryl methyl sites for hydroxylation is 1. The summed E-state index contributed by atoms with van der Waals surface area (Å²) in [7, 11) is 2.64. The molecule has 0 aliphatic carbocycles. The Hall–Kier alpha value is -2.69. The number of pyridine rings is 1. The van der Waals surface area contributed by atoms with E-state index in [1.807, 2.05) is 22.6 Å². The minimum atomic E-state index is -1.24. The molecule has 0 fully saturated rings. The number of fused-ring (bicyclic) bond motifs is 1. The molecule has 1 atom stereocenters. The standard InChI is InChI=1S/C17H13IN2O6/c1-20-14-12(15(21)26-17(20)23)11(10(18)8-19-14)13(16(22)24-2)25-9-6-4-3-5-7-9/h3-8,13H,1-2H3. The molecule has 8 nitrogen and oxygen atoms in total. The highest BCUT2D eigenvalue weighted by atomic mass is 127. The Morgan fingerprint density at radius 3 is 2.62 bits per heavy atom. The molecule has 1 unspecified atom stereocenters. The van der Waals surface area contributed by atoms with Crippen LogP contribution in [0.25, 0.3) is 11.0 Å². The van der Waals surface area contributed by atoms with Gasteiger partial charge < -0.3 is 13.9 Å². The minimum Gasteiger partial charge on any atom is -0.474 e.